The maximum atomic E-state index is 15.3. The number of alkyl halides is 2. The third kappa shape index (κ3) is 6.78. The number of amides is 2. The van der Waals surface area contributed by atoms with E-state index >= 15 is 8.78 Å². The fourth-order valence-electron chi connectivity index (χ4n) is 5.82. The summed E-state index contributed by atoms with van der Waals surface area (Å²) in [5.41, 5.74) is 0.413. The number of hydrogen-bond acceptors (Lipinski definition) is 7. The number of piperidine rings is 1. The molecule has 0 spiro atoms. The highest BCUT2D eigenvalue weighted by Crippen LogP contribution is 2.37. The number of anilines is 1. The van der Waals surface area contributed by atoms with Crippen LogP contribution in [0.1, 0.15) is 46.3 Å². The molecule has 2 N–H and O–H groups in total. The highest BCUT2D eigenvalue weighted by atomic mass is 19.3. The van der Waals surface area contributed by atoms with Crippen LogP contribution in [0.5, 0.6) is 11.5 Å². The molecule has 2 amide bonds. The number of likely N-dealkylation sites (tertiary alicyclic amines) is 1. The number of β-amino-alcohol motifs (C(OH)–C–C–N with tert-alkyl or cyclic N) is 1. The number of pyridine rings is 1. The first kappa shape index (κ1) is 31.2. The van der Waals surface area contributed by atoms with Gasteiger partial charge in [-0.2, -0.15) is 8.78 Å². The second-order valence-corrected chi connectivity index (χ2v) is 10.7. The summed E-state index contributed by atoms with van der Waals surface area (Å²) >= 11 is 0. The first-order valence-electron chi connectivity index (χ1n) is 14.2. The van der Waals surface area contributed by atoms with Gasteiger partial charge in [0.1, 0.15) is 35.0 Å². The molecule has 2 aliphatic rings. The maximum Gasteiger partial charge on any atom is 0.387 e. The van der Waals surface area contributed by atoms with Gasteiger partial charge in [0.15, 0.2) is 0 Å². The van der Waals surface area contributed by atoms with Gasteiger partial charge in [-0.3, -0.25) is 14.5 Å². The number of carbonyl (C=O) groups excluding carboxylic acids is 2. The van der Waals surface area contributed by atoms with Crippen molar-refractivity contribution in [3.63, 3.8) is 0 Å². The van der Waals surface area contributed by atoms with Gasteiger partial charge in [-0.25, -0.2) is 13.8 Å². The Morgan fingerprint density at radius 1 is 1.07 bits per heavy atom. The van der Waals surface area contributed by atoms with Gasteiger partial charge < -0.3 is 24.8 Å². The average molecular weight is 617 g/mol. The van der Waals surface area contributed by atoms with E-state index in [4.69, 9.17) is 9.72 Å². The molecule has 5 rings (SSSR count). The number of nitrogens with zero attached hydrogens (tertiary/aromatic N) is 3. The zero-order chi connectivity index (χ0) is 31.4. The lowest BCUT2D eigenvalue weighted by Gasteiger charge is -2.31. The number of nitrogens with one attached hydrogen (secondary N) is 1. The number of rotatable bonds is 10. The zero-order valence-electron chi connectivity index (χ0n) is 23.9. The molecule has 0 radical (unpaired) electrons. The predicted molar refractivity (Wildman–Crippen MR) is 152 cm³/mol. The average Bonchev–Trinajstić information content (AvgIpc) is 3.32. The number of ether oxygens (including phenoxy) is 2. The summed E-state index contributed by atoms with van der Waals surface area (Å²) in [6.45, 7) is -0.942. The molecule has 2 aromatic carbocycles. The fraction of sp³-hybridized carbons (Fsp3) is 0.387. The molecule has 2 atom stereocenters. The number of carbonyl (C=O) groups is 2. The molecule has 2 fully saturated rings. The second kappa shape index (κ2) is 13.6. The topological polar surface area (TPSA) is 104 Å². The van der Waals surface area contributed by atoms with Crippen molar-refractivity contribution in [2.45, 2.75) is 37.3 Å². The summed E-state index contributed by atoms with van der Waals surface area (Å²) in [6, 6.07) is 10.7. The number of aromatic nitrogens is 1. The van der Waals surface area contributed by atoms with Crippen molar-refractivity contribution in [1.29, 1.82) is 0 Å². The van der Waals surface area contributed by atoms with E-state index in [9.17, 15) is 23.5 Å². The molecule has 2 aliphatic heterocycles. The van der Waals surface area contributed by atoms with E-state index in [2.05, 4.69) is 15.0 Å². The Bertz CT molecular complexity index is 1460. The number of hydrogen-bond donors (Lipinski definition) is 2. The van der Waals surface area contributed by atoms with Crippen LogP contribution in [-0.4, -0.2) is 79.4 Å². The van der Waals surface area contributed by atoms with Crippen molar-refractivity contribution in [3.8, 4) is 11.5 Å². The molecule has 0 unspecified atom stereocenters. The minimum Gasteiger partial charge on any atom is -0.497 e. The Balaban J connectivity index is 1.43. The smallest absolute Gasteiger partial charge is 0.387 e. The van der Waals surface area contributed by atoms with Gasteiger partial charge in [-0.15, -0.1) is 0 Å². The molecule has 0 bridgehead atoms. The third-order valence-corrected chi connectivity index (χ3v) is 8.06. The highest BCUT2D eigenvalue weighted by molar-refractivity contribution is 6.04. The van der Waals surface area contributed by atoms with Crippen LogP contribution >= 0.6 is 0 Å². The van der Waals surface area contributed by atoms with Crippen LogP contribution in [-0.2, 0) is 4.79 Å². The Morgan fingerprint density at radius 2 is 1.75 bits per heavy atom. The van der Waals surface area contributed by atoms with E-state index in [1.807, 2.05) is 6.07 Å². The summed E-state index contributed by atoms with van der Waals surface area (Å²) in [5, 5.41) is 11.8. The first-order chi connectivity index (χ1) is 21.2. The SMILES string of the molecule is COc1cc(F)c([C@@H]2CN(c3cccc(C4CCN(CCO)CC4)n3)C(=O)[C@H]2NC(=O)c2ccc(OC(F)F)cc2)c(F)c1. The van der Waals surface area contributed by atoms with Crippen molar-refractivity contribution in [1.82, 2.24) is 15.2 Å². The van der Waals surface area contributed by atoms with E-state index in [1.165, 1.54) is 36.3 Å². The molecule has 44 heavy (non-hydrogen) atoms. The standard InChI is InChI=1S/C31H32F4N4O5/c1-43-21-15-23(32)27(24(33)16-21)22-17-39(26-4-2-3-25(36-26)18-9-11-38(12-10-18)13-14-40)30(42)28(22)37-29(41)19-5-7-20(8-6-19)44-31(34)35/h2-8,15-16,18,22,28,31,40H,9-14,17H2,1H3,(H,37,41)/t22-,28-/m0/s1. The first-order valence-corrected chi connectivity index (χ1v) is 14.2. The van der Waals surface area contributed by atoms with Crippen LogP contribution in [0.15, 0.2) is 54.6 Å². The van der Waals surface area contributed by atoms with Crippen LogP contribution in [0.3, 0.4) is 0 Å². The van der Waals surface area contributed by atoms with Gasteiger partial charge in [0.2, 0.25) is 0 Å². The molecule has 1 aromatic heterocycles. The van der Waals surface area contributed by atoms with Crippen LogP contribution in [0.25, 0.3) is 0 Å². The number of aliphatic hydroxyl groups is 1. The lowest BCUT2D eigenvalue weighted by Crippen LogP contribution is -2.44. The molecule has 3 heterocycles. The third-order valence-electron chi connectivity index (χ3n) is 8.06. The quantitative estimate of drug-likeness (QED) is 0.331. The van der Waals surface area contributed by atoms with Crippen molar-refractivity contribution in [2.75, 3.05) is 44.8 Å². The Hall–Kier alpha value is -4.23. The van der Waals surface area contributed by atoms with Crippen LogP contribution in [0, 0.1) is 11.6 Å². The number of benzene rings is 2. The largest absolute Gasteiger partial charge is 0.497 e. The fourth-order valence-corrected chi connectivity index (χ4v) is 5.82. The lowest BCUT2D eigenvalue weighted by molar-refractivity contribution is -0.118. The molecule has 13 heteroatoms. The van der Waals surface area contributed by atoms with E-state index in [0.29, 0.717) is 6.54 Å². The Kier molecular flexibility index (Phi) is 9.64. The Morgan fingerprint density at radius 3 is 2.36 bits per heavy atom. The maximum absolute atomic E-state index is 15.3. The minimum atomic E-state index is -3.04. The second-order valence-electron chi connectivity index (χ2n) is 10.7. The van der Waals surface area contributed by atoms with Gasteiger partial charge in [-0.05, 0) is 62.3 Å². The van der Waals surface area contributed by atoms with Gasteiger partial charge in [0.05, 0.1) is 13.7 Å². The minimum absolute atomic E-state index is 0.0277. The molecular formula is C31H32F4N4O5. The van der Waals surface area contributed by atoms with Gasteiger partial charge >= 0.3 is 6.61 Å². The molecular weight excluding hydrogens is 584 g/mol. The Labute approximate surface area is 251 Å². The van der Waals surface area contributed by atoms with E-state index in [0.717, 1.165) is 43.8 Å². The normalized spacial score (nSPS) is 19.4. The van der Waals surface area contributed by atoms with Crippen LogP contribution in [0.4, 0.5) is 23.4 Å². The summed E-state index contributed by atoms with van der Waals surface area (Å²) in [6.07, 6.45) is 1.63. The van der Waals surface area contributed by atoms with Gasteiger partial charge in [0, 0.05) is 53.9 Å². The summed E-state index contributed by atoms with van der Waals surface area (Å²) in [7, 11) is 1.27. The monoisotopic (exact) mass is 616 g/mol. The van der Waals surface area contributed by atoms with Crippen molar-refractivity contribution < 1.29 is 41.7 Å². The van der Waals surface area contributed by atoms with Crippen LogP contribution in [0.2, 0.25) is 0 Å². The van der Waals surface area contributed by atoms with E-state index in [-0.39, 0.29) is 47.5 Å². The zero-order valence-corrected chi connectivity index (χ0v) is 23.9. The van der Waals surface area contributed by atoms with E-state index in [1.54, 1.807) is 12.1 Å². The summed E-state index contributed by atoms with van der Waals surface area (Å²) in [4.78, 5) is 35.3. The highest BCUT2D eigenvalue weighted by Gasteiger charge is 2.45. The molecule has 0 saturated carbocycles. The molecule has 0 aliphatic carbocycles. The molecule has 3 aromatic rings. The van der Waals surface area contributed by atoms with Gasteiger partial charge in [0.25, 0.3) is 11.8 Å². The molecule has 234 valence electrons. The number of aliphatic hydroxyl groups excluding tert-OH is 1. The number of halogens is 4. The summed E-state index contributed by atoms with van der Waals surface area (Å²) < 4.78 is 65.0. The molecule has 9 nitrogen and oxygen atoms in total. The van der Waals surface area contributed by atoms with Crippen LogP contribution < -0.4 is 19.7 Å². The van der Waals surface area contributed by atoms with Crippen molar-refractivity contribution >= 4 is 17.6 Å². The predicted octanol–water partition coefficient (Wildman–Crippen LogP) is 4.07. The van der Waals surface area contributed by atoms with Crippen molar-refractivity contribution in [2.24, 2.45) is 0 Å². The van der Waals surface area contributed by atoms with Crippen molar-refractivity contribution in [3.05, 3.63) is 83.1 Å². The number of methoxy groups -OCH3 is 1. The molecule has 2 saturated heterocycles. The summed E-state index contributed by atoms with van der Waals surface area (Å²) in [5.74, 6) is -4.16. The van der Waals surface area contributed by atoms with Gasteiger partial charge in [-0.1, -0.05) is 6.07 Å². The van der Waals surface area contributed by atoms with E-state index < -0.39 is 42.0 Å². The lowest BCUT2D eigenvalue weighted by atomic mass is 9.92.